The van der Waals surface area contributed by atoms with Crippen molar-refractivity contribution in [2.45, 2.75) is 64.4 Å². The Morgan fingerprint density at radius 1 is 1.02 bits per heavy atom. The van der Waals surface area contributed by atoms with Crippen LogP contribution in [0.15, 0.2) is 54.7 Å². The van der Waals surface area contributed by atoms with Crippen LogP contribution in [0.25, 0.3) is 33.6 Å². The molecule has 2 N–H and O–H groups in total. The van der Waals surface area contributed by atoms with E-state index in [9.17, 15) is 22.8 Å². The Labute approximate surface area is 253 Å². The van der Waals surface area contributed by atoms with E-state index in [-0.39, 0.29) is 17.6 Å². The number of nitrogens with zero attached hydrogens (tertiary/aromatic N) is 4. The van der Waals surface area contributed by atoms with Crippen LogP contribution in [0.5, 0.6) is 0 Å². The Balaban J connectivity index is 1.32. The number of ether oxygens (including phenoxy) is 1. The van der Waals surface area contributed by atoms with Gasteiger partial charge in [-0.05, 0) is 57.2 Å². The minimum Gasteiger partial charge on any atom is -0.444 e. The summed E-state index contributed by atoms with van der Waals surface area (Å²) in [5.41, 5.74) is 1.95. The first kappa shape index (κ1) is 30.8. The normalized spacial score (nSPS) is 16.2. The number of alkyl halides is 3. The topological polar surface area (TPSA) is 107 Å². The smallest absolute Gasteiger partial charge is 0.435 e. The van der Waals surface area contributed by atoms with Gasteiger partial charge in [0.1, 0.15) is 17.2 Å². The van der Waals surface area contributed by atoms with Crippen molar-refractivity contribution in [2.24, 2.45) is 0 Å². The Morgan fingerprint density at radius 3 is 2.18 bits per heavy atom. The van der Waals surface area contributed by atoms with Crippen LogP contribution in [0.4, 0.5) is 18.0 Å². The van der Waals surface area contributed by atoms with Crippen LogP contribution in [0.1, 0.15) is 70.0 Å². The molecule has 2 aromatic heterocycles. The highest BCUT2D eigenvalue weighted by Crippen LogP contribution is 2.39. The average Bonchev–Trinajstić information content (AvgIpc) is 3.75. The maximum absolute atomic E-state index is 13.9. The number of benzene rings is 2. The molecule has 3 heterocycles. The molecule has 1 saturated heterocycles. The minimum absolute atomic E-state index is 0.112. The van der Waals surface area contributed by atoms with Gasteiger partial charge in [0.2, 0.25) is 0 Å². The summed E-state index contributed by atoms with van der Waals surface area (Å²) in [5, 5.41) is 0. The molecule has 1 aliphatic heterocycles. The second kappa shape index (κ2) is 11.8. The maximum atomic E-state index is 13.9. The molecule has 9 nitrogen and oxygen atoms in total. The molecule has 0 saturated carbocycles. The van der Waals surface area contributed by atoms with Crippen LogP contribution in [0.3, 0.4) is 0 Å². The van der Waals surface area contributed by atoms with E-state index in [0.717, 1.165) is 22.4 Å². The summed E-state index contributed by atoms with van der Waals surface area (Å²) in [6.45, 7) is 7.72. The number of amides is 2. The molecule has 0 bridgehead atoms. The van der Waals surface area contributed by atoms with E-state index in [1.807, 2.05) is 52.0 Å². The predicted octanol–water partition coefficient (Wildman–Crippen LogP) is 7.28. The number of hydrogen-bond acceptors (Lipinski definition) is 5. The van der Waals surface area contributed by atoms with Crippen molar-refractivity contribution in [1.82, 2.24) is 29.7 Å². The van der Waals surface area contributed by atoms with Crippen LogP contribution in [-0.4, -0.2) is 61.4 Å². The molecule has 1 fully saturated rings. The number of halogens is 3. The van der Waals surface area contributed by atoms with Crippen molar-refractivity contribution in [1.29, 1.82) is 0 Å². The number of rotatable bonds is 7. The van der Waals surface area contributed by atoms with E-state index in [2.05, 4.69) is 19.9 Å². The highest BCUT2D eigenvalue weighted by Gasteiger charge is 2.40. The average molecular weight is 608 g/mol. The largest absolute Gasteiger partial charge is 0.444 e. The first-order chi connectivity index (χ1) is 20.7. The summed E-state index contributed by atoms with van der Waals surface area (Å²) >= 11 is 0. The summed E-state index contributed by atoms with van der Waals surface area (Å²) in [7, 11) is 1.66. The summed E-state index contributed by atoms with van der Waals surface area (Å²) in [6, 6.07) is 13.5. The van der Waals surface area contributed by atoms with Crippen molar-refractivity contribution in [3.8, 4) is 33.6 Å². The molecule has 2 amide bonds. The standard InChI is InChI=1S/C32H34F3N6O3/c1-19(40(5)30(43)44-31(2,3)4)28-36-17-24(37-28)22-12-8-20(9-13-22)21-10-14-23(15-11-21)26-27(32(33,34)35)39-29(38-26)25-7-6-16-41(25)18-42/h8-15,17,19,25H,6-7,16H2,1-5H3,(H,36,37)(H,38,39)/t19-,25-/m0/s1. The number of imidazole rings is 2. The number of aromatic nitrogens is 4. The maximum Gasteiger partial charge on any atom is 0.435 e. The van der Waals surface area contributed by atoms with E-state index in [1.54, 1.807) is 43.9 Å². The van der Waals surface area contributed by atoms with Crippen LogP contribution < -0.4 is 0 Å². The highest BCUT2D eigenvalue weighted by molar-refractivity contribution is 5.72. The number of H-pyrrole nitrogens is 2. The molecular weight excluding hydrogens is 573 g/mol. The Kier molecular flexibility index (Phi) is 8.28. The molecule has 231 valence electrons. The van der Waals surface area contributed by atoms with Crippen molar-refractivity contribution in [2.75, 3.05) is 13.6 Å². The van der Waals surface area contributed by atoms with Gasteiger partial charge in [0, 0.05) is 19.2 Å². The molecule has 5 rings (SSSR count). The molecule has 2 atom stereocenters. The third-order valence-electron chi connectivity index (χ3n) is 7.63. The van der Waals surface area contributed by atoms with Crippen LogP contribution in [0.2, 0.25) is 0 Å². The van der Waals surface area contributed by atoms with E-state index < -0.39 is 29.6 Å². The molecule has 1 aliphatic rings. The highest BCUT2D eigenvalue weighted by atomic mass is 19.4. The molecule has 1 radical (unpaired) electrons. The Bertz CT molecular complexity index is 1620. The molecule has 2 aromatic carbocycles. The van der Waals surface area contributed by atoms with Crippen molar-refractivity contribution in [3.05, 3.63) is 72.1 Å². The van der Waals surface area contributed by atoms with Gasteiger partial charge in [0.15, 0.2) is 5.69 Å². The summed E-state index contributed by atoms with van der Waals surface area (Å²) < 4.78 is 47.2. The van der Waals surface area contributed by atoms with Crippen LogP contribution >= 0.6 is 0 Å². The molecular formula is C32H34F3N6O3. The lowest BCUT2D eigenvalue weighted by atomic mass is 10.0. The van der Waals surface area contributed by atoms with Gasteiger partial charge in [-0.1, -0.05) is 48.5 Å². The number of carbonyl (C=O) groups excluding carboxylic acids is 2. The molecule has 0 spiro atoms. The summed E-state index contributed by atoms with van der Waals surface area (Å²) in [4.78, 5) is 41.0. The quantitative estimate of drug-likeness (QED) is 0.230. The second-order valence-electron chi connectivity index (χ2n) is 11.9. The summed E-state index contributed by atoms with van der Waals surface area (Å²) in [5.74, 6) is 0.721. The van der Waals surface area contributed by atoms with Gasteiger partial charge >= 0.3 is 18.7 Å². The fourth-order valence-electron chi connectivity index (χ4n) is 5.17. The minimum atomic E-state index is -4.66. The van der Waals surface area contributed by atoms with Gasteiger partial charge in [-0.2, -0.15) is 13.2 Å². The van der Waals surface area contributed by atoms with Gasteiger partial charge in [-0.3, -0.25) is 4.79 Å². The molecule has 44 heavy (non-hydrogen) atoms. The van der Waals surface area contributed by atoms with Crippen molar-refractivity contribution in [3.63, 3.8) is 0 Å². The number of nitrogens with one attached hydrogen (secondary N) is 2. The zero-order chi connectivity index (χ0) is 31.8. The Hall–Kier alpha value is -4.61. The van der Waals surface area contributed by atoms with Gasteiger partial charge in [-0.25, -0.2) is 14.8 Å². The second-order valence-corrected chi connectivity index (χ2v) is 11.9. The zero-order valence-electron chi connectivity index (χ0n) is 25.1. The van der Waals surface area contributed by atoms with Crippen molar-refractivity contribution >= 4 is 12.5 Å². The fraction of sp³-hybridized carbons (Fsp3) is 0.375. The lowest BCUT2D eigenvalue weighted by Crippen LogP contribution is -2.36. The number of aromatic amines is 2. The van der Waals surface area contributed by atoms with Gasteiger partial charge in [0.25, 0.3) is 0 Å². The number of hydrogen-bond donors (Lipinski definition) is 2. The monoisotopic (exact) mass is 607 g/mol. The van der Waals surface area contributed by atoms with Crippen molar-refractivity contribution < 1.29 is 27.5 Å². The first-order valence-electron chi connectivity index (χ1n) is 14.3. The van der Waals surface area contributed by atoms with Gasteiger partial charge in [-0.15, -0.1) is 0 Å². The van der Waals surface area contributed by atoms with Gasteiger partial charge in [0.05, 0.1) is 29.7 Å². The van der Waals surface area contributed by atoms with E-state index in [4.69, 9.17) is 4.74 Å². The van der Waals surface area contributed by atoms with Gasteiger partial charge < -0.3 is 24.5 Å². The first-order valence-corrected chi connectivity index (χ1v) is 14.3. The van der Waals surface area contributed by atoms with E-state index in [1.165, 1.54) is 9.80 Å². The van der Waals surface area contributed by atoms with E-state index >= 15 is 0 Å². The molecule has 12 heteroatoms. The zero-order valence-corrected chi connectivity index (χ0v) is 25.1. The van der Waals surface area contributed by atoms with Crippen LogP contribution in [-0.2, 0) is 15.7 Å². The lowest BCUT2D eigenvalue weighted by molar-refractivity contribution is -0.140. The third kappa shape index (κ3) is 6.48. The lowest BCUT2D eigenvalue weighted by Gasteiger charge is -2.27. The summed E-state index contributed by atoms with van der Waals surface area (Å²) in [6.07, 6.45) is -0.409. The fourth-order valence-corrected chi connectivity index (χ4v) is 5.17. The number of likely N-dealkylation sites (tertiary alicyclic amines) is 1. The molecule has 0 aliphatic carbocycles. The SMILES string of the molecule is C[C@@H](c1ncc(-c2ccc(-c3ccc(-c4[nH]c([C@@H]5CCCN5[C]=O)nc4C(F)(F)F)cc3)cc2)[nH]1)N(C)C(=O)OC(C)(C)C. The molecule has 4 aromatic rings. The predicted molar refractivity (Wildman–Crippen MR) is 159 cm³/mol. The third-order valence-corrected chi connectivity index (χ3v) is 7.63. The van der Waals surface area contributed by atoms with E-state index in [0.29, 0.717) is 30.8 Å². The molecule has 0 unspecified atom stereocenters. The number of carbonyl (C=O) groups is 1. The van der Waals surface area contributed by atoms with Crippen LogP contribution in [0, 0.1) is 0 Å². The Morgan fingerprint density at radius 2 is 1.61 bits per heavy atom.